The van der Waals surface area contributed by atoms with Crippen molar-refractivity contribution in [1.29, 1.82) is 5.26 Å². The van der Waals surface area contributed by atoms with Gasteiger partial charge in [0.2, 0.25) is 0 Å². The van der Waals surface area contributed by atoms with Crippen molar-refractivity contribution in [3.05, 3.63) is 93.8 Å². The lowest BCUT2D eigenvalue weighted by Crippen LogP contribution is -2.31. The van der Waals surface area contributed by atoms with Gasteiger partial charge in [0.1, 0.15) is 5.76 Å². The highest BCUT2D eigenvalue weighted by molar-refractivity contribution is 8.03. The number of hydrogen-bond donors (Lipinski definition) is 0. The number of nitriles is 1. The van der Waals surface area contributed by atoms with Crippen molar-refractivity contribution in [2.24, 2.45) is 0 Å². The van der Waals surface area contributed by atoms with Gasteiger partial charge in [0.05, 0.1) is 39.8 Å². The van der Waals surface area contributed by atoms with E-state index in [1.54, 1.807) is 36.6 Å². The van der Waals surface area contributed by atoms with Crippen LogP contribution in [0.3, 0.4) is 0 Å². The van der Waals surface area contributed by atoms with Crippen molar-refractivity contribution in [3.63, 3.8) is 0 Å². The first-order chi connectivity index (χ1) is 14.5. The van der Waals surface area contributed by atoms with Gasteiger partial charge in [-0.3, -0.25) is 9.59 Å². The maximum Gasteiger partial charge on any atom is 0.272 e. The number of furan rings is 1. The van der Waals surface area contributed by atoms with E-state index in [1.807, 2.05) is 44.2 Å². The van der Waals surface area contributed by atoms with Crippen molar-refractivity contribution in [3.8, 4) is 6.07 Å². The first kappa shape index (κ1) is 19.7. The first-order valence-corrected chi connectivity index (χ1v) is 10.3. The van der Waals surface area contributed by atoms with E-state index in [1.165, 1.54) is 16.7 Å². The Bertz CT molecular complexity index is 1200. The summed E-state index contributed by atoms with van der Waals surface area (Å²) in [6, 6.07) is 17.9. The van der Waals surface area contributed by atoms with E-state index in [0.29, 0.717) is 27.5 Å². The van der Waals surface area contributed by atoms with Gasteiger partial charge in [-0.2, -0.15) is 5.26 Å². The van der Waals surface area contributed by atoms with Gasteiger partial charge >= 0.3 is 0 Å². The molecule has 0 bridgehead atoms. The summed E-state index contributed by atoms with van der Waals surface area (Å²) in [5, 5.41) is 9.02. The number of amides is 2. The molecule has 0 unspecified atom stereocenters. The monoisotopic (exact) mass is 414 g/mol. The summed E-state index contributed by atoms with van der Waals surface area (Å²) in [4.78, 5) is 28.3. The molecule has 1 aliphatic heterocycles. The molecule has 1 aromatic heterocycles. The Morgan fingerprint density at radius 2 is 1.77 bits per heavy atom. The van der Waals surface area contributed by atoms with Crippen LogP contribution in [0.5, 0.6) is 0 Å². The number of nitrogens with zero attached hydrogens (tertiary/aromatic N) is 2. The summed E-state index contributed by atoms with van der Waals surface area (Å²) in [6.45, 7) is 3.99. The Morgan fingerprint density at radius 3 is 2.40 bits per heavy atom. The number of anilines is 1. The number of aryl methyl sites for hydroxylation is 2. The second-order valence-corrected chi connectivity index (χ2v) is 7.96. The first-order valence-electron chi connectivity index (χ1n) is 9.35. The highest BCUT2D eigenvalue weighted by Crippen LogP contribution is 2.40. The van der Waals surface area contributed by atoms with Gasteiger partial charge in [-0.25, -0.2) is 4.90 Å². The smallest absolute Gasteiger partial charge is 0.272 e. The molecule has 2 aromatic carbocycles. The molecule has 2 heterocycles. The third kappa shape index (κ3) is 3.56. The summed E-state index contributed by atoms with van der Waals surface area (Å²) >= 11 is 1.29. The van der Waals surface area contributed by atoms with E-state index in [-0.39, 0.29) is 11.8 Å². The third-order valence-electron chi connectivity index (χ3n) is 5.03. The van der Waals surface area contributed by atoms with Gasteiger partial charge < -0.3 is 4.42 Å². The maximum absolute atomic E-state index is 13.4. The van der Waals surface area contributed by atoms with Crippen LogP contribution in [0.4, 0.5) is 5.69 Å². The predicted octanol–water partition coefficient (Wildman–Crippen LogP) is 4.99. The molecule has 30 heavy (non-hydrogen) atoms. The Hall–Kier alpha value is -3.56. The Balaban J connectivity index is 1.76. The molecule has 5 nitrogen and oxygen atoms in total. The molecule has 0 radical (unpaired) electrons. The topological polar surface area (TPSA) is 74.3 Å². The van der Waals surface area contributed by atoms with Gasteiger partial charge in [-0.1, -0.05) is 18.2 Å². The minimum absolute atomic E-state index is 0.366. The molecule has 1 aliphatic rings. The number of hydrogen-bond acceptors (Lipinski definition) is 5. The minimum Gasteiger partial charge on any atom is -0.468 e. The summed E-state index contributed by atoms with van der Waals surface area (Å²) in [5.74, 6) is 0.435. The number of carbonyl (C=O) groups is 2. The zero-order chi connectivity index (χ0) is 21.3. The SMILES string of the molecule is Cc1ccc(C2=C(SCc3ccco3)C(=O)N(c3ccc(C#N)cc3)C2=O)cc1C. The lowest BCUT2D eigenvalue weighted by atomic mass is 10.0. The van der Waals surface area contributed by atoms with Crippen LogP contribution < -0.4 is 4.90 Å². The van der Waals surface area contributed by atoms with Crippen LogP contribution >= 0.6 is 11.8 Å². The van der Waals surface area contributed by atoms with Crippen molar-refractivity contribution in [1.82, 2.24) is 0 Å². The molecule has 0 aliphatic carbocycles. The number of benzene rings is 2. The van der Waals surface area contributed by atoms with Gasteiger partial charge in [-0.15, -0.1) is 11.8 Å². The lowest BCUT2D eigenvalue weighted by Gasteiger charge is -2.15. The minimum atomic E-state index is -0.366. The van der Waals surface area contributed by atoms with Crippen LogP contribution in [0.15, 0.2) is 70.2 Å². The molecule has 4 rings (SSSR count). The summed E-state index contributed by atoms with van der Waals surface area (Å²) in [6.07, 6.45) is 1.58. The second-order valence-electron chi connectivity index (χ2n) is 6.98. The second kappa shape index (κ2) is 8.05. The van der Waals surface area contributed by atoms with Crippen molar-refractivity contribution in [2.75, 3.05) is 4.90 Å². The lowest BCUT2D eigenvalue weighted by molar-refractivity contribution is -0.119. The van der Waals surface area contributed by atoms with E-state index in [0.717, 1.165) is 22.5 Å². The van der Waals surface area contributed by atoms with Crippen LogP contribution in [-0.4, -0.2) is 11.8 Å². The molecule has 0 N–H and O–H groups in total. The highest BCUT2D eigenvalue weighted by Gasteiger charge is 2.40. The number of thioether (sulfide) groups is 1. The molecule has 2 amide bonds. The summed E-state index contributed by atoms with van der Waals surface area (Å²) < 4.78 is 5.38. The summed E-state index contributed by atoms with van der Waals surface area (Å²) in [7, 11) is 0. The van der Waals surface area contributed by atoms with Crippen molar-refractivity contribution in [2.45, 2.75) is 19.6 Å². The van der Waals surface area contributed by atoms with E-state index in [9.17, 15) is 9.59 Å². The van der Waals surface area contributed by atoms with E-state index >= 15 is 0 Å². The van der Waals surface area contributed by atoms with Gasteiger partial charge in [0, 0.05) is 0 Å². The van der Waals surface area contributed by atoms with E-state index in [4.69, 9.17) is 9.68 Å². The third-order valence-corrected chi connectivity index (χ3v) is 6.13. The Labute approximate surface area is 178 Å². The maximum atomic E-state index is 13.4. The van der Waals surface area contributed by atoms with Crippen LogP contribution in [0.25, 0.3) is 5.57 Å². The molecule has 0 saturated heterocycles. The van der Waals surface area contributed by atoms with E-state index in [2.05, 4.69) is 0 Å². The number of rotatable bonds is 5. The molecule has 3 aromatic rings. The molecule has 6 heteroatoms. The average Bonchev–Trinajstić information content (AvgIpc) is 3.35. The largest absolute Gasteiger partial charge is 0.468 e. The molecular formula is C24H18N2O3S. The van der Waals surface area contributed by atoms with Gasteiger partial charge in [-0.05, 0) is 66.9 Å². The molecule has 0 atom stereocenters. The van der Waals surface area contributed by atoms with Crippen molar-refractivity contribution >= 4 is 34.8 Å². The fourth-order valence-corrected chi connectivity index (χ4v) is 4.27. The van der Waals surface area contributed by atoms with Crippen LogP contribution in [0.1, 0.15) is 28.0 Å². The molecule has 0 fully saturated rings. The molecular weight excluding hydrogens is 396 g/mol. The zero-order valence-corrected chi connectivity index (χ0v) is 17.3. The molecule has 0 spiro atoms. The quantitative estimate of drug-likeness (QED) is 0.550. The average molecular weight is 414 g/mol. The molecule has 0 saturated carbocycles. The number of carbonyl (C=O) groups excluding carboxylic acids is 2. The zero-order valence-electron chi connectivity index (χ0n) is 16.5. The predicted molar refractivity (Wildman–Crippen MR) is 116 cm³/mol. The number of imide groups is 1. The fourth-order valence-electron chi connectivity index (χ4n) is 3.25. The standard InChI is InChI=1S/C24H18N2O3S/c1-15-5-8-18(12-16(15)2)21-22(30-14-20-4-3-11-29-20)24(28)26(23(21)27)19-9-6-17(13-25)7-10-19/h3-12H,14H2,1-2H3. The summed E-state index contributed by atoms with van der Waals surface area (Å²) in [5.41, 5.74) is 4.18. The van der Waals surface area contributed by atoms with E-state index < -0.39 is 0 Å². The van der Waals surface area contributed by atoms with Gasteiger partial charge in [0.15, 0.2) is 0 Å². The van der Waals surface area contributed by atoms with Crippen molar-refractivity contribution < 1.29 is 14.0 Å². The fraction of sp³-hybridized carbons (Fsp3) is 0.125. The van der Waals surface area contributed by atoms with Crippen LogP contribution in [0.2, 0.25) is 0 Å². The Morgan fingerprint density at radius 1 is 1.00 bits per heavy atom. The molecule has 148 valence electrons. The van der Waals surface area contributed by atoms with Gasteiger partial charge in [0.25, 0.3) is 11.8 Å². The van der Waals surface area contributed by atoms with Crippen LogP contribution in [-0.2, 0) is 15.3 Å². The normalized spacial score (nSPS) is 13.8. The highest BCUT2D eigenvalue weighted by atomic mass is 32.2. The van der Waals surface area contributed by atoms with Crippen LogP contribution in [0, 0.1) is 25.2 Å². The Kier molecular flexibility index (Phi) is 5.30.